The van der Waals surface area contributed by atoms with Gasteiger partial charge in [0.1, 0.15) is 0 Å². The number of nitrogens with two attached hydrogens (primary N) is 2. The minimum Gasteiger partial charge on any atom is -0.378 e. The minimum atomic E-state index is -0.394. The molecule has 116 valence electrons. The van der Waals surface area contributed by atoms with Crippen LogP contribution in [0.3, 0.4) is 0 Å². The van der Waals surface area contributed by atoms with E-state index in [0.29, 0.717) is 38.2 Å². The first-order valence-electron chi connectivity index (χ1n) is 6.68. The zero-order valence-corrected chi connectivity index (χ0v) is 11.9. The summed E-state index contributed by atoms with van der Waals surface area (Å²) in [5.41, 5.74) is 7.57. The Kier molecular flexibility index (Phi) is 5.06. The van der Waals surface area contributed by atoms with Crippen LogP contribution in [0.4, 0.5) is 17.8 Å². The van der Waals surface area contributed by atoms with E-state index in [9.17, 15) is 4.79 Å². The van der Waals surface area contributed by atoms with E-state index in [-0.39, 0.29) is 18.4 Å². The van der Waals surface area contributed by atoms with E-state index in [1.54, 1.807) is 0 Å². The van der Waals surface area contributed by atoms with Crippen molar-refractivity contribution in [3.05, 3.63) is 0 Å². The molecule has 0 bridgehead atoms. The number of rotatable bonds is 6. The highest BCUT2D eigenvalue weighted by Crippen LogP contribution is 2.15. The maximum absolute atomic E-state index is 10.9. The molecule has 10 heteroatoms. The number of amides is 1. The number of carbonyl (C=O) groups is 1. The monoisotopic (exact) mass is 296 g/mol. The Morgan fingerprint density at radius 3 is 2.62 bits per heavy atom. The van der Waals surface area contributed by atoms with Gasteiger partial charge >= 0.3 is 0 Å². The molecule has 1 aliphatic heterocycles. The van der Waals surface area contributed by atoms with Crippen molar-refractivity contribution >= 4 is 23.8 Å². The Hall–Kier alpha value is -2.20. The molecule has 1 atom stereocenters. The average Bonchev–Trinajstić information content (AvgIpc) is 2.46. The first-order chi connectivity index (χ1) is 10.1. The summed E-state index contributed by atoms with van der Waals surface area (Å²) in [7, 11) is 0. The van der Waals surface area contributed by atoms with Gasteiger partial charge in [0.05, 0.1) is 13.2 Å². The van der Waals surface area contributed by atoms with Crippen LogP contribution in [-0.4, -0.2) is 53.2 Å². The molecule has 2 heterocycles. The molecule has 1 aromatic rings. The standard InChI is InChI=1S/C11H20N8O2/c1-7(6-8(12)20)14-9-15-10(18-13)17-11(16-9)19-2-4-21-5-3-19/h7H,2-6,13H2,1H3,(H2,12,20)(H2,14,15,16,17,18). The number of hydrazine groups is 1. The fraction of sp³-hybridized carbons (Fsp3) is 0.636. The first kappa shape index (κ1) is 15.2. The molecule has 1 aliphatic rings. The van der Waals surface area contributed by atoms with Gasteiger partial charge in [0.25, 0.3) is 0 Å². The number of carbonyl (C=O) groups excluding carboxylic acids is 1. The lowest BCUT2D eigenvalue weighted by Gasteiger charge is -2.27. The normalized spacial score (nSPS) is 16.4. The van der Waals surface area contributed by atoms with Gasteiger partial charge in [0.2, 0.25) is 23.8 Å². The molecule has 1 amide bonds. The molecule has 0 saturated carbocycles. The maximum atomic E-state index is 10.9. The van der Waals surface area contributed by atoms with E-state index >= 15 is 0 Å². The van der Waals surface area contributed by atoms with Gasteiger partial charge in [-0.15, -0.1) is 0 Å². The SMILES string of the molecule is CC(CC(N)=O)Nc1nc(NN)nc(N2CCOCC2)n1. The lowest BCUT2D eigenvalue weighted by Crippen LogP contribution is -2.38. The Labute approximate surface area is 122 Å². The smallest absolute Gasteiger partial charge is 0.243 e. The highest BCUT2D eigenvalue weighted by molar-refractivity contribution is 5.74. The van der Waals surface area contributed by atoms with E-state index in [1.807, 2.05) is 11.8 Å². The summed E-state index contributed by atoms with van der Waals surface area (Å²) in [5.74, 6) is 6.09. The molecule has 1 saturated heterocycles. The average molecular weight is 296 g/mol. The van der Waals surface area contributed by atoms with Gasteiger partial charge in [-0.2, -0.15) is 15.0 Å². The number of aromatic nitrogens is 3. The lowest BCUT2D eigenvalue weighted by molar-refractivity contribution is -0.118. The molecule has 0 spiro atoms. The van der Waals surface area contributed by atoms with E-state index in [4.69, 9.17) is 16.3 Å². The van der Waals surface area contributed by atoms with Crippen LogP contribution < -0.4 is 27.2 Å². The molecule has 1 aromatic heterocycles. The summed E-state index contributed by atoms with van der Waals surface area (Å²) in [6.45, 7) is 4.46. The first-order valence-corrected chi connectivity index (χ1v) is 6.68. The predicted octanol–water partition coefficient (Wildman–Crippen LogP) is -1.33. The summed E-state index contributed by atoms with van der Waals surface area (Å²) < 4.78 is 5.30. The molecule has 6 N–H and O–H groups in total. The second-order valence-electron chi connectivity index (χ2n) is 4.74. The van der Waals surface area contributed by atoms with E-state index < -0.39 is 5.91 Å². The number of hydrogen-bond acceptors (Lipinski definition) is 9. The van der Waals surface area contributed by atoms with Gasteiger partial charge in [0, 0.05) is 25.6 Å². The van der Waals surface area contributed by atoms with Crippen LogP contribution in [0.2, 0.25) is 0 Å². The Morgan fingerprint density at radius 1 is 1.33 bits per heavy atom. The number of nitrogen functional groups attached to an aromatic ring is 1. The number of morpholine rings is 1. The fourth-order valence-corrected chi connectivity index (χ4v) is 1.97. The second-order valence-corrected chi connectivity index (χ2v) is 4.74. The summed E-state index contributed by atoms with van der Waals surface area (Å²) in [4.78, 5) is 25.6. The largest absolute Gasteiger partial charge is 0.378 e. The number of nitrogens with zero attached hydrogens (tertiary/aromatic N) is 4. The highest BCUT2D eigenvalue weighted by Gasteiger charge is 2.17. The van der Waals surface area contributed by atoms with Crippen molar-refractivity contribution in [1.82, 2.24) is 15.0 Å². The number of primary amides is 1. The van der Waals surface area contributed by atoms with E-state index in [2.05, 4.69) is 25.7 Å². The topological polar surface area (TPSA) is 144 Å². The van der Waals surface area contributed by atoms with Crippen molar-refractivity contribution in [3.63, 3.8) is 0 Å². The number of ether oxygens (including phenoxy) is 1. The van der Waals surface area contributed by atoms with Crippen LogP contribution >= 0.6 is 0 Å². The van der Waals surface area contributed by atoms with Crippen molar-refractivity contribution in [1.29, 1.82) is 0 Å². The van der Waals surface area contributed by atoms with Crippen LogP contribution in [0.5, 0.6) is 0 Å². The minimum absolute atomic E-state index is 0.184. The third-order valence-corrected chi connectivity index (χ3v) is 2.93. The van der Waals surface area contributed by atoms with Crippen molar-refractivity contribution in [2.75, 3.05) is 41.9 Å². The molecule has 21 heavy (non-hydrogen) atoms. The molecule has 10 nitrogen and oxygen atoms in total. The molecule has 0 aromatic carbocycles. The van der Waals surface area contributed by atoms with Crippen LogP contribution in [-0.2, 0) is 9.53 Å². The molecule has 2 rings (SSSR count). The maximum Gasteiger partial charge on any atom is 0.243 e. The van der Waals surface area contributed by atoms with Gasteiger partial charge in [-0.05, 0) is 6.92 Å². The molecular weight excluding hydrogens is 276 g/mol. The Bertz CT molecular complexity index is 491. The van der Waals surface area contributed by atoms with Gasteiger partial charge in [-0.1, -0.05) is 0 Å². The van der Waals surface area contributed by atoms with Crippen molar-refractivity contribution in [2.45, 2.75) is 19.4 Å². The number of nitrogens with one attached hydrogen (secondary N) is 2. The third kappa shape index (κ3) is 4.39. The van der Waals surface area contributed by atoms with Crippen molar-refractivity contribution < 1.29 is 9.53 Å². The summed E-state index contributed by atoms with van der Waals surface area (Å²) in [6.07, 6.45) is 0.184. The van der Waals surface area contributed by atoms with Crippen LogP contribution in [0.25, 0.3) is 0 Å². The fourth-order valence-electron chi connectivity index (χ4n) is 1.97. The van der Waals surface area contributed by atoms with Gasteiger partial charge < -0.3 is 20.7 Å². The zero-order chi connectivity index (χ0) is 15.2. The van der Waals surface area contributed by atoms with E-state index in [0.717, 1.165) is 0 Å². The molecule has 0 radical (unpaired) electrons. The van der Waals surface area contributed by atoms with Crippen LogP contribution in [0.1, 0.15) is 13.3 Å². The number of hydrogen-bond donors (Lipinski definition) is 4. The van der Waals surface area contributed by atoms with Crippen molar-refractivity contribution in [3.8, 4) is 0 Å². The summed E-state index contributed by atoms with van der Waals surface area (Å²) >= 11 is 0. The third-order valence-electron chi connectivity index (χ3n) is 2.93. The second kappa shape index (κ2) is 6.99. The zero-order valence-electron chi connectivity index (χ0n) is 11.9. The van der Waals surface area contributed by atoms with Crippen LogP contribution in [0, 0.1) is 0 Å². The summed E-state index contributed by atoms with van der Waals surface area (Å²) in [5, 5.41) is 3.01. The Morgan fingerprint density at radius 2 is 2.00 bits per heavy atom. The Balaban J connectivity index is 2.14. The molecular formula is C11H20N8O2. The van der Waals surface area contributed by atoms with Gasteiger partial charge in [-0.3, -0.25) is 10.2 Å². The molecule has 1 unspecified atom stereocenters. The highest BCUT2D eigenvalue weighted by atomic mass is 16.5. The van der Waals surface area contributed by atoms with Crippen LogP contribution in [0.15, 0.2) is 0 Å². The quantitative estimate of drug-likeness (QED) is 0.370. The summed E-state index contributed by atoms with van der Waals surface area (Å²) in [6, 6.07) is -0.187. The lowest BCUT2D eigenvalue weighted by atomic mass is 10.2. The number of anilines is 3. The van der Waals surface area contributed by atoms with Gasteiger partial charge in [0.15, 0.2) is 0 Å². The molecule has 1 fully saturated rings. The predicted molar refractivity (Wildman–Crippen MR) is 77.6 cm³/mol. The van der Waals surface area contributed by atoms with Crippen molar-refractivity contribution in [2.24, 2.45) is 11.6 Å². The van der Waals surface area contributed by atoms with Gasteiger partial charge in [-0.25, -0.2) is 5.84 Å². The van der Waals surface area contributed by atoms with E-state index in [1.165, 1.54) is 0 Å². The molecule has 0 aliphatic carbocycles.